The lowest BCUT2D eigenvalue weighted by molar-refractivity contribution is 0.0949. The van der Waals surface area contributed by atoms with Crippen molar-refractivity contribution < 1.29 is 9.18 Å². The summed E-state index contributed by atoms with van der Waals surface area (Å²) >= 11 is 0. The zero-order chi connectivity index (χ0) is 20.1. The highest BCUT2D eigenvalue weighted by Crippen LogP contribution is 2.25. The number of amides is 1. The number of rotatable bonds is 7. The van der Waals surface area contributed by atoms with Crippen LogP contribution in [0.2, 0.25) is 0 Å². The van der Waals surface area contributed by atoms with Crippen LogP contribution in [0.4, 0.5) is 4.39 Å². The summed E-state index contributed by atoms with van der Waals surface area (Å²) in [7, 11) is 0. The number of carbonyl (C=O) groups is 1. The standard InChI is InChI=1S/C22H24FN5O/c23-18-5-3-16(4-6-18)15-19-20(21(27-26-19)17-7-9-24-10-8-17)22(29)25-11-14-28-12-1-2-13-28/h3-10H,1-2,11-15H2,(H,25,29)(H,26,27). The molecule has 150 valence electrons. The molecule has 0 spiro atoms. The van der Waals surface area contributed by atoms with Crippen LogP contribution in [-0.2, 0) is 6.42 Å². The number of nitrogens with zero attached hydrogens (tertiary/aromatic N) is 3. The zero-order valence-corrected chi connectivity index (χ0v) is 16.2. The lowest BCUT2D eigenvalue weighted by Gasteiger charge is -2.15. The summed E-state index contributed by atoms with van der Waals surface area (Å²) in [6.07, 6.45) is 6.28. The average Bonchev–Trinajstić information content (AvgIpc) is 3.40. The largest absolute Gasteiger partial charge is 0.351 e. The predicted octanol–water partition coefficient (Wildman–Crippen LogP) is 3.03. The molecule has 0 bridgehead atoms. The Kier molecular flexibility index (Phi) is 5.95. The number of carbonyl (C=O) groups excluding carboxylic acids is 1. The number of hydrogen-bond acceptors (Lipinski definition) is 4. The van der Waals surface area contributed by atoms with E-state index in [0.29, 0.717) is 29.9 Å². The van der Waals surface area contributed by atoms with E-state index in [4.69, 9.17) is 0 Å². The van der Waals surface area contributed by atoms with Gasteiger partial charge in [0, 0.05) is 37.5 Å². The third-order valence-electron chi connectivity index (χ3n) is 5.23. The minimum atomic E-state index is -0.282. The first-order valence-electron chi connectivity index (χ1n) is 9.93. The SMILES string of the molecule is O=C(NCCN1CCCC1)c1c(-c2ccncc2)n[nH]c1Cc1ccc(F)cc1. The number of pyridine rings is 1. The molecule has 0 saturated carbocycles. The molecule has 1 aromatic carbocycles. The molecule has 7 heteroatoms. The smallest absolute Gasteiger partial charge is 0.255 e. The predicted molar refractivity (Wildman–Crippen MR) is 109 cm³/mol. The van der Waals surface area contributed by atoms with Crippen LogP contribution in [-0.4, -0.2) is 52.2 Å². The lowest BCUT2D eigenvalue weighted by Crippen LogP contribution is -2.34. The Morgan fingerprint density at radius 2 is 1.83 bits per heavy atom. The summed E-state index contributed by atoms with van der Waals surface area (Å²) in [5, 5.41) is 10.5. The van der Waals surface area contributed by atoms with Crippen molar-refractivity contribution in [1.29, 1.82) is 0 Å². The fourth-order valence-corrected chi connectivity index (χ4v) is 3.70. The summed E-state index contributed by atoms with van der Waals surface area (Å²) in [5.41, 5.74) is 3.57. The molecule has 1 fully saturated rings. The van der Waals surface area contributed by atoms with Gasteiger partial charge in [-0.25, -0.2) is 4.39 Å². The monoisotopic (exact) mass is 393 g/mol. The fourth-order valence-electron chi connectivity index (χ4n) is 3.70. The van der Waals surface area contributed by atoms with Gasteiger partial charge in [-0.2, -0.15) is 5.10 Å². The van der Waals surface area contributed by atoms with E-state index < -0.39 is 0 Å². The van der Waals surface area contributed by atoms with Gasteiger partial charge in [0.2, 0.25) is 0 Å². The van der Waals surface area contributed by atoms with E-state index >= 15 is 0 Å². The third kappa shape index (κ3) is 4.68. The van der Waals surface area contributed by atoms with Gasteiger partial charge in [-0.1, -0.05) is 12.1 Å². The van der Waals surface area contributed by atoms with Crippen LogP contribution >= 0.6 is 0 Å². The minimum absolute atomic E-state index is 0.151. The minimum Gasteiger partial charge on any atom is -0.351 e. The van der Waals surface area contributed by atoms with Gasteiger partial charge in [0.15, 0.2) is 0 Å². The van der Waals surface area contributed by atoms with E-state index in [-0.39, 0.29) is 11.7 Å². The van der Waals surface area contributed by atoms with Gasteiger partial charge >= 0.3 is 0 Å². The maximum atomic E-state index is 13.2. The molecule has 0 radical (unpaired) electrons. The van der Waals surface area contributed by atoms with E-state index in [9.17, 15) is 9.18 Å². The maximum Gasteiger partial charge on any atom is 0.255 e. The highest BCUT2D eigenvalue weighted by atomic mass is 19.1. The van der Waals surface area contributed by atoms with Crippen molar-refractivity contribution in [3.63, 3.8) is 0 Å². The van der Waals surface area contributed by atoms with Crippen LogP contribution in [0.3, 0.4) is 0 Å². The van der Waals surface area contributed by atoms with Crippen molar-refractivity contribution >= 4 is 5.91 Å². The van der Waals surface area contributed by atoms with Crippen molar-refractivity contribution in [2.45, 2.75) is 19.3 Å². The molecule has 0 atom stereocenters. The van der Waals surface area contributed by atoms with Crippen LogP contribution in [0.25, 0.3) is 11.3 Å². The normalized spacial score (nSPS) is 14.2. The number of hydrogen-bond donors (Lipinski definition) is 2. The molecule has 6 nitrogen and oxygen atoms in total. The molecule has 0 unspecified atom stereocenters. The Balaban J connectivity index is 1.56. The molecule has 0 aliphatic carbocycles. The van der Waals surface area contributed by atoms with Crippen LogP contribution < -0.4 is 5.32 Å². The second-order valence-electron chi connectivity index (χ2n) is 7.27. The van der Waals surface area contributed by atoms with E-state index in [1.807, 2.05) is 12.1 Å². The highest BCUT2D eigenvalue weighted by molar-refractivity contribution is 6.01. The van der Waals surface area contributed by atoms with Crippen molar-refractivity contribution in [3.8, 4) is 11.3 Å². The van der Waals surface area contributed by atoms with Crippen molar-refractivity contribution in [2.24, 2.45) is 0 Å². The number of likely N-dealkylation sites (tertiary alicyclic amines) is 1. The molecule has 2 aromatic heterocycles. The van der Waals surface area contributed by atoms with Gasteiger partial charge in [0.1, 0.15) is 11.5 Å². The van der Waals surface area contributed by atoms with Crippen LogP contribution in [0.1, 0.15) is 34.5 Å². The van der Waals surface area contributed by atoms with Gasteiger partial charge in [0.25, 0.3) is 5.91 Å². The molecule has 2 N–H and O–H groups in total. The van der Waals surface area contributed by atoms with E-state index in [2.05, 4.69) is 25.4 Å². The number of benzene rings is 1. The molecule has 3 heterocycles. The number of H-pyrrole nitrogens is 1. The average molecular weight is 393 g/mol. The van der Waals surface area contributed by atoms with Crippen molar-refractivity contribution in [3.05, 3.63) is 71.4 Å². The van der Waals surface area contributed by atoms with Crippen molar-refractivity contribution in [2.75, 3.05) is 26.2 Å². The first-order chi connectivity index (χ1) is 14.2. The Bertz CT molecular complexity index is 949. The Morgan fingerprint density at radius 3 is 2.55 bits per heavy atom. The summed E-state index contributed by atoms with van der Waals surface area (Å²) in [5.74, 6) is -0.433. The first kappa shape index (κ1) is 19.3. The van der Waals surface area contributed by atoms with Crippen LogP contribution in [0, 0.1) is 5.82 Å². The molecule has 1 saturated heterocycles. The number of aromatic amines is 1. The molecule has 29 heavy (non-hydrogen) atoms. The third-order valence-corrected chi connectivity index (χ3v) is 5.23. The summed E-state index contributed by atoms with van der Waals surface area (Å²) in [6, 6.07) is 9.95. The number of halogens is 1. The highest BCUT2D eigenvalue weighted by Gasteiger charge is 2.22. The summed E-state index contributed by atoms with van der Waals surface area (Å²) < 4.78 is 13.2. The first-order valence-corrected chi connectivity index (χ1v) is 9.93. The van der Waals surface area contributed by atoms with Crippen LogP contribution in [0.15, 0.2) is 48.8 Å². The van der Waals surface area contributed by atoms with Gasteiger partial charge in [-0.3, -0.25) is 14.9 Å². The Labute approximate surface area is 169 Å². The van der Waals surface area contributed by atoms with E-state index in [0.717, 1.165) is 30.8 Å². The number of nitrogens with one attached hydrogen (secondary N) is 2. The maximum absolute atomic E-state index is 13.2. The molecule has 3 aromatic rings. The molecular formula is C22H24FN5O. The van der Waals surface area contributed by atoms with Crippen molar-refractivity contribution in [1.82, 2.24) is 25.4 Å². The summed E-state index contributed by atoms with van der Waals surface area (Å²) in [4.78, 5) is 19.5. The van der Waals surface area contributed by atoms with Gasteiger partial charge in [0.05, 0.1) is 11.3 Å². The molecule has 4 rings (SSSR count). The lowest BCUT2D eigenvalue weighted by atomic mass is 10.0. The quantitative estimate of drug-likeness (QED) is 0.647. The molecular weight excluding hydrogens is 369 g/mol. The topological polar surface area (TPSA) is 73.9 Å². The fraction of sp³-hybridized carbons (Fsp3) is 0.318. The Hall–Kier alpha value is -3.06. The zero-order valence-electron chi connectivity index (χ0n) is 16.2. The molecule has 1 aliphatic heterocycles. The second kappa shape index (κ2) is 8.96. The number of aromatic nitrogens is 3. The summed E-state index contributed by atoms with van der Waals surface area (Å²) in [6.45, 7) is 3.64. The molecule has 1 amide bonds. The van der Waals surface area contributed by atoms with Crippen LogP contribution in [0.5, 0.6) is 0 Å². The second-order valence-corrected chi connectivity index (χ2v) is 7.27. The van der Waals surface area contributed by atoms with E-state index in [1.165, 1.54) is 25.0 Å². The molecule has 1 aliphatic rings. The van der Waals surface area contributed by atoms with Gasteiger partial charge < -0.3 is 10.2 Å². The Morgan fingerprint density at radius 1 is 1.10 bits per heavy atom. The van der Waals surface area contributed by atoms with Gasteiger partial charge in [-0.05, 0) is 55.8 Å². The van der Waals surface area contributed by atoms with E-state index in [1.54, 1.807) is 24.5 Å². The van der Waals surface area contributed by atoms with Gasteiger partial charge in [-0.15, -0.1) is 0 Å².